The number of hydrogen-bond donors (Lipinski definition) is 2. The quantitative estimate of drug-likeness (QED) is 0.677. The Hall–Kier alpha value is -0.910. The summed E-state index contributed by atoms with van der Waals surface area (Å²) < 4.78 is 6.16. The fourth-order valence-corrected chi connectivity index (χ4v) is 2.09. The van der Waals surface area contributed by atoms with Crippen molar-refractivity contribution in [3.05, 3.63) is 34.3 Å². The molecule has 1 unspecified atom stereocenters. The third-order valence-corrected chi connectivity index (χ3v) is 3.48. The van der Waals surface area contributed by atoms with Gasteiger partial charge in [0, 0.05) is 24.0 Å². The highest BCUT2D eigenvalue weighted by Crippen LogP contribution is 2.21. The molecule has 0 aliphatic rings. The zero-order chi connectivity index (χ0) is 14.8. The van der Waals surface area contributed by atoms with E-state index in [2.05, 4.69) is 21.2 Å². The highest BCUT2D eigenvalue weighted by atomic mass is 79.9. The van der Waals surface area contributed by atoms with Gasteiger partial charge in [-0.1, -0.05) is 35.0 Å². The Morgan fingerprint density at radius 3 is 2.70 bits per heavy atom. The predicted molar refractivity (Wildman–Crippen MR) is 82.7 cm³/mol. The van der Waals surface area contributed by atoms with Crippen LogP contribution in [0.25, 0.3) is 0 Å². The van der Waals surface area contributed by atoms with Crippen molar-refractivity contribution in [3.8, 4) is 0 Å². The fraction of sp³-hybridized carbons (Fsp3) is 0.533. The van der Waals surface area contributed by atoms with Gasteiger partial charge in [-0.15, -0.1) is 0 Å². The number of benzene rings is 1. The molecule has 0 aromatic heterocycles. The molecule has 0 heterocycles. The van der Waals surface area contributed by atoms with Gasteiger partial charge in [-0.25, -0.2) is 0 Å². The van der Waals surface area contributed by atoms with E-state index in [-0.39, 0.29) is 18.4 Å². The van der Waals surface area contributed by atoms with E-state index < -0.39 is 0 Å². The van der Waals surface area contributed by atoms with Crippen LogP contribution in [0, 0.1) is 0 Å². The first-order valence-electron chi connectivity index (χ1n) is 6.84. The number of halogens is 1. The molecule has 0 fully saturated rings. The van der Waals surface area contributed by atoms with Crippen LogP contribution in [0.3, 0.4) is 0 Å². The van der Waals surface area contributed by atoms with E-state index in [1.54, 1.807) is 0 Å². The molecule has 1 aromatic carbocycles. The Balaban J connectivity index is 2.19. The molecule has 0 spiro atoms. The van der Waals surface area contributed by atoms with Crippen molar-refractivity contribution in [2.75, 3.05) is 26.4 Å². The number of carbonyl (C=O) groups excluding carboxylic acids is 1. The van der Waals surface area contributed by atoms with E-state index in [1.807, 2.05) is 31.2 Å². The highest BCUT2D eigenvalue weighted by molar-refractivity contribution is 9.10. The molecular weight excluding hydrogens is 322 g/mol. The van der Waals surface area contributed by atoms with E-state index in [1.165, 1.54) is 0 Å². The van der Waals surface area contributed by atoms with Crippen LogP contribution in [0.2, 0.25) is 0 Å². The lowest BCUT2D eigenvalue weighted by molar-refractivity contribution is -0.121. The molecule has 0 saturated heterocycles. The molecule has 0 aliphatic carbocycles. The molecule has 112 valence electrons. The van der Waals surface area contributed by atoms with Gasteiger partial charge < -0.3 is 15.2 Å². The standard InChI is InChI=1S/C15H22BrNO3/c1-12(13-3-5-14(16)6-4-13)11-15(19)17-7-2-9-20-10-8-18/h3-6,12,18H,2,7-11H2,1H3,(H,17,19). The number of aliphatic hydroxyl groups excluding tert-OH is 1. The van der Waals surface area contributed by atoms with Gasteiger partial charge in [0.25, 0.3) is 0 Å². The molecule has 2 N–H and O–H groups in total. The molecule has 0 aliphatic heterocycles. The Labute approximate surface area is 128 Å². The van der Waals surface area contributed by atoms with Gasteiger partial charge in [-0.2, -0.15) is 0 Å². The second-order valence-electron chi connectivity index (χ2n) is 4.70. The largest absolute Gasteiger partial charge is 0.394 e. The first kappa shape index (κ1) is 17.1. The van der Waals surface area contributed by atoms with Crippen LogP contribution in [0.15, 0.2) is 28.7 Å². The third-order valence-electron chi connectivity index (χ3n) is 2.95. The third kappa shape index (κ3) is 7.03. The molecule has 1 aromatic rings. The van der Waals surface area contributed by atoms with Gasteiger partial charge in [0.2, 0.25) is 5.91 Å². The Morgan fingerprint density at radius 1 is 1.35 bits per heavy atom. The summed E-state index contributed by atoms with van der Waals surface area (Å²) in [5.41, 5.74) is 1.16. The summed E-state index contributed by atoms with van der Waals surface area (Å²) >= 11 is 3.40. The van der Waals surface area contributed by atoms with Crippen molar-refractivity contribution in [2.24, 2.45) is 0 Å². The normalized spacial score (nSPS) is 12.2. The van der Waals surface area contributed by atoms with E-state index in [0.29, 0.717) is 26.2 Å². The molecule has 4 nitrogen and oxygen atoms in total. The number of ether oxygens (including phenoxy) is 1. The highest BCUT2D eigenvalue weighted by Gasteiger charge is 2.10. The molecular formula is C15H22BrNO3. The van der Waals surface area contributed by atoms with Crippen molar-refractivity contribution in [3.63, 3.8) is 0 Å². The summed E-state index contributed by atoms with van der Waals surface area (Å²) in [7, 11) is 0. The predicted octanol–water partition coefficient (Wildman–Crippen LogP) is 2.46. The minimum Gasteiger partial charge on any atom is -0.394 e. The van der Waals surface area contributed by atoms with Crippen LogP contribution in [-0.2, 0) is 9.53 Å². The summed E-state index contributed by atoms with van der Waals surface area (Å²) in [6, 6.07) is 8.04. The minimum absolute atomic E-state index is 0.0388. The zero-order valence-corrected chi connectivity index (χ0v) is 13.4. The van der Waals surface area contributed by atoms with Gasteiger partial charge in [-0.05, 0) is 30.0 Å². The smallest absolute Gasteiger partial charge is 0.220 e. The van der Waals surface area contributed by atoms with Gasteiger partial charge in [0.05, 0.1) is 13.2 Å². The van der Waals surface area contributed by atoms with Crippen LogP contribution in [0.5, 0.6) is 0 Å². The van der Waals surface area contributed by atoms with E-state index in [0.717, 1.165) is 16.5 Å². The second kappa shape index (κ2) is 9.91. The van der Waals surface area contributed by atoms with Crippen LogP contribution in [0.1, 0.15) is 31.2 Å². The number of hydrogen-bond acceptors (Lipinski definition) is 3. The SMILES string of the molecule is CC(CC(=O)NCCCOCCO)c1ccc(Br)cc1. The molecule has 0 radical (unpaired) electrons. The molecule has 1 atom stereocenters. The maximum atomic E-state index is 11.8. The van der Waals surface area contributed by atoms with Crippen LogP contribution in [-0.4, -0.2) is 37.4 Å². The number of carbonyl (C=O) groups is 1. The molecule has 0 saturated carbocycles. The Kier molecular flexibility index (Phi) is 8.49. The first-order chi connectivity index (χ1) is 9.63. The molecule has 1 rings (SSSR count). The van der Waals surface area contributed by atoms with Crippen molar-refractivity contribution >= 4 is 21.8 Å². The fourth-order valence-electron chi connectivity index (χ4n) is 1.83. The monoisotopic (exact) mass is 343 g/mol. The van der Waals surface area contributed by atoms with Crippen LogP contribution < -0.4 is 5.32 Å². The van der Waals surface area contributed by atoms with Crippen molar-refractivity contribution in [2.45, 2.75) is 25.7 Å². The molecule has 5 heteroatoms. The number of nitrogens with one attached hydrogen (secondary N) is 1. The minimum atomic E-state index is 0.0388. The van der Waals surface area contributed by atoms with E-state index >= 15 is 0 Å². The van der Waals surface area contributed by atoms with Gasteiger partial charge in [-0.3, -0.25) is 4.79 Å². The Morgan fingerprint density at radius 2 is 2.05 bits per heavy atom. The van der Waals surface area contributed by atoms with Crippen molar-refractivity contribution in [1.29, 1.82) is 0 Å². The molecule has 0 bridgehead atoms. The average Bonchev–Trinajstić information content (AvgIpc) is 2.43. The van der Waals surface area contributed by atoms with Crippen molar-refractivity contribution < 1.29 is 14.6 Å². The van der Waals surface area contributed by atoms with Crippen molar-refractivity contribution in [1.82, 2.24) is 5.32 Å². The summed E-state index contributed by atoms with van der Waals surface area (Å²) in [6.07, 6.45) is 1.25. The summed E-state index contributed by atoms with van der Waals surface area (Å²) in [5.74, 6) is 0.260. The Bertz CT molecular complexity index is 395. The summed E-state index contributed by atoms with van der Waals surface area (Å²) in [5, 5.41) is 11.4. The summed E-state index contributed by atoms with van der Waals surface area (Å²) in [6.45, 7) is 3.61. The lowest BCUT2D eigenvalue weighted by Gasteiger charge is -2.12. The van der Waals surface area contributed by atoms with E-state index in [9.17, 15) is 4.79 Å². The molecule has 20 heavy (non-hydrogen) atoms. The summed E-state index contributed by atoms with van der Waals surface area (Å²) in [4.78, 5) is 11.8. The topological polar surface area (TPSA) is 58.6 Å². The van der Waals surface area contributed by atoms with Gasteiger partial charge in [0.15, 0.2) is 0 Å². The molecule has 1 amide bonds. The lowest BCUT2D eigenvalue weighted by Crippen LogP contribution is -2.26. The maximum absolute atomic E-state index is 11.8. The number of amides is 1. The lowest BCUT2D eigenvalue weighted by atomic mass is 9.97. The number of rotatable bonds is 9. The zero-order valence-electron chi connectivity index (χ0n) is 11.8. The van der Waals surface area contributed by atoms with Gasteiger partial charge in [0.1, 0.15) is 0 Å². The van der Waals surface area contributed by atoms with Crippen LogP contribution >= 0.6 is 15.9 Å². The van der Waals surface area contributed by atoms with Gasteiger partial charge >= 0.3 is 0 Å². The maximum Gasteiger partial charge on any atom is 0.220 e. The van der Waals surface area contributed by atoms with E-state index in [4.69, 9.17) is 9.84 Å². The van der Waals surface area contributed by atoms with Crippen LogP contribution in [0.4, 0.5) is 0 Å². The average molecular weight is 344 g/mol. The second-order valence-corrected chi connectivity index (χ2v) is 5.61. The number of aliphatic hydroxyl groups is 1. The first-order valence-corrected chi connectivity index (χ1v) is 7.63.